The van der Waals surface area contributed by atoms with Crippen molar-refractivity contribution in [2.75, 3.05) is 6.79 Å². The molecule has 0 spiro atoms. The number of hydrogen-bond acceptors (Lipinski definition) is 4. The van der Waals surface area contributed by atoms with Gasteiger partial charge >= 0.3 is 0 Å². The van der Waals surface area contributed by atoms with Crippen LogP contribution in [0.4, 0.5) is 0 Å². The van der Waals surface area contributed by atoms with Crippen molar-refractivity contribution < 1.29 is 9.47 Å². The summed E-state index contributed by atoms with van der Waals surface area (Å²) in [4.78, 5) is 0. The molecule has 0 bridgehead atoms. The Kier molecular flexibility index (Phi) is 3.20. The van der Waals surface area contributed by atoms with Gasteiger partial charge in [-0.2, -0.15) is 5.26 Å². The van der Waals surface area contributed by atoms with Crippen LogP contribution in [-0.4, -0.2) is 6.79 Å². The molecule has 0 fully saturated rings. The predicted molar refractivity (Wildman–Crippen MR) is 64.2 cm³/mol. The smallest absolute Gasteiger partial charge is 0.231 e. The summed E-state index contributed by atoms with van der Waals surface area (Å²) in [6.45, 7) is 2.26. The van der Waals surface area contributed by atoms with Crippen molar-refractivity contribution in [2.24, 2.45) is 5.73 Å². The molecule has 1 aliphatic rings. The molecule has 4 nitrogen and oxygen atoms in total. The lowest BCUT2D eigenvalue weighted by molar-refractivity contribution is 0.174. The van der Waals surface area contributed by atoms with Gasteiger partial charge in [-0.1, -0.05) is 13.3 Å². The molecule has 0 saturated heterocycles. The molecule has 1 aromatic rings. The Morgan fingerprint density at radius 3 is 2.88 bits per heavy atom. The number of ether oxygens (including phenoxy) is 2. The summed E-state index contributed by atoms with van der Waals surface area (Å²) in [6.07, 6.45) is 1.59. The molecule has 0 unspecified atom stereocenters. The van der Waals surface area contributed by atoms with Crippen molar-refractivity contribution in [1.82, 2.24) is 0 Å². The maximum absolute atomic E-state index is 9.04. The van der Waals surface area contributed by atoms with Gasteiger partial charge in [-0.25, -0.2) is 0 Å². The van der Waals surface area contributed by atoms with E-state index in [4.69, 9.17) is 20.5 Å². The Labute approximate surface area is 100 Å². The van der Waals surface area contributed by atoms with Crippen LogP contribution < -0.4 is 15.2 Å². The first-order valence-corrected chi connectivity index (χ1v) is 5.55. The minimum atomic E-state index is 0.239. The third-order valence-electron chi connectivity index (χ3n) is 2.64. The molecule has 2 N–H and O–H groups in total. The summed E-state index contributed by atoms with van der Waals surface area (Å²) in [5, 5.41) is 9.04. The molecule has 17 heavy (non-hydrogen) atoms. The summed E-state index contributed by atoms with van der Waals surface area (Å²) >= 11 is 0. The van der Waals surface area contributed by atoms with Gasteiger partial charge in [0.05, 0.1) is 17.3 Å². The van der Waals surface area contributed by atoms with Crippen molar-refractivity contribution in [3.05, 3.63) is 29.3 Å². The van der Waals surface area contributed by atoms with E-state index in [0.29, 0.717) is 23.4 Å². The summed E-state index contributed by atoms with van der Waals surface area (Å²) in [5.74, 6) is 1.40. The molecule has 0 amide bonds. The van der Waals surface area contributed by atoms with Crippen molar-refractivity contribution in [3.63, 3.8) is 0 Å². The average Bonchev–Trinajstić information content (AvgIpc) is 2.82. The van der Waals surface area contributed by atoms with E-state index in [1.54, 1.807) is 0 Å². The highest BCUT2D eigenvalue weighted by Crippen LogP contribution is 2.34. The number of fused-ring (bicyclic) bond motifs is 1. The highest BCUT2D eigenvalue weighted by atomic mass is 16.7. The third kappa shape index (κ3) is 2.18. The fourth-order valence-corrected chi connectivity index (χ4v) is 1.74. The van der Waals surface area contributed by atoms with Crippen LogP contribution >= 0.6 is 0 Å². The highest BCUT2D eigenvalue weighted by Gasteiger charge is 2.15. The fraction of sp³-hybridized carbons (Fsp3) is 0.308. The van der Waals surface area contributed by atoms with Crippen LogP contribution in [0.25, 0.3) is 5.70 Å². The number of nitrogens with zero attached hydrogens (tertiary/aromatic N) is 1. The van der Waals surface area contributed by atoms with Gasteiger partial charge in [0, 0.05) is 5.56 Å². The van der Waals surface area contributed by atoms with Crippen LogP contribution in [0, 0.1) is 11.3 Å². The molecule has 0 aromatic heterocycles. The van der Waals surface area contributed by atoms with E-state index in [0.717, 1.165) is 17.7 Å². The van der Waals surface area contributed by atoms with Crippen LogP contribution in [0.5, 0.6) is 11.5 Å². The second-order valence-electron chi connectivity index (χ2n) is 3.82. The standard InChI is InChI=1S/C13H14N2O2/c1-2-3-10(7-14)13(15)9-4-5-11-12(6-9)17-8-16-11/h4-6H,2-3,8,15H2,1H3/b13-10-. The van der Waals surface area contributed by atoms with Gasteiger partial charge in [-0.15, -0.1) is 0 Å². The zero-order valence-corrected chi connectivity index (χ0v) is 9.69. The van der Waals surface area contributed by atoms with E-state index < -0.39 is 0 Å². The van der Waals surface area contributed by atoms with Crippen LogP contribution in [0.3, 0.4) is 0 Å². The lowest BCUT2D eigenvalue weighted by Gasteiger charge is -2.06. The van der Waals surface area contributed by atoms with E-state index in [2.05, 4.69) is 6.07 Å². The quantitative estimate of drug-likeness (QED) is 0.809. The summed E-state index contributed by atoms with van der Waals surface area (Å²) < 4.78 is 10.5. The van der Waals surface area contributed by atoms with Crippen molar-refractivity contribution >= 4 is 5.70 Å². The van der Waals surface area contributed by atoms with Crippen LogP contribution in [-0.2, 0) is 0 Å². The molecule has 88 valence electrons. The van der Waals surface area contributed by atoms with Crippen molar-refractivity contribution in [1.29, 1.82) is 5.26 Å². The molecule has 2 rings (SSSR count). The number of nitrogens with two attached hydrogens (primary N) is 1. The molecular formula is C13H14N2O2. The minimum absolute atomic E-state index is 0.239. The van der Waals surface area contributed by atoms with Crippen LogP contribution in [0.15, 0.2) is 23.8 Å². The summed E-state index contributed by atoms with van der Waals surface area (Å²) in [5.41, 5.74) is 7.93. The van der Waals surface area contributed by atoms with Crippen LogP contribution in [0.1, 0.15) is 25.3 Å². The SMILES string of the molecule is CCC/C(C#N)=C(/N)c1ccc2c(c1)OCO2. The van der Waals surface area contributed by atoms with Crippen molar-refractivity contribution in [2.45, 2.75) is 19.8 Å². The van der Waals surface area contributed by atoms with E-state index in [9.17, 15) is 0 Å². The Balaban J connectivity index is 2.37. The molecular weight excluding hydrogens is 216 g/mol. The van der Waals surface area contributed by atoms with Gasteiger partial charge in [-0.3, -0.25) is 0 Å². The highest BCUT2D eigenvalue weighted by molar-refractivity contribution is 5.71. The second-order valence-corrected chi connectivity index (χ2v) is 3.82. The second kappa shape index (κ2) is 4.79. The van der Waals surface area contributed by atoms with Gasteiger partial charge in [0.15, 0.2) is 11.5 Å². The topological polar surface area (TPSA) is 68.3 Å². The number of nitriles is 1. The molecule has 4 heteroatoms. The Bertz CT molecular complexity index is 501. The Hall–Kier alpha value is -2.15. The molecule has 0 radical (unpaired) electrons. The molecule has 1 aliphatic heterocycles. The maximum atomic E-state index is 9.04. The van der Waals surface area contributed by atoms with Gasteiger partial charge in [-0.05, 0) is 24.6 Å². The number of hydrogen-bond donors (Lipinski definition) is 1. The predicted octanol–water partition coefficient (Wildman–Crippen LogP) is 2.41. The first kappa shape index (κ1) is 11.3. The lowest BCUT2D eigenvalue weighted by Crippen LogP contribution is -2.01. The molecule has 1 heterocycles. The van der Waals surface area contributed by atoms with Gasteiger partial charge in [0.25, 0.3) is 0 Å². The molecule has 0 atom stereocenters. The van der Waals surface area contributed by atoms with Crippen molar-refractivity contribution in [3.8, 4) is 17.6 Å². The summed E-state index contributed by atoms with van der Waals surface area (Å²) in [7, 11) is 0. The zero-order valence-electron chi connectivity index (χ0n) is 9.69. The number of rotatable bonds is 3. The first-order chi connectivity index (χ1) is 8.26. The zero-order chi connectivity index (χ0) is 12.3. The molecule has 0 aliphatic carbocycles. The van der Waals surface area contributed by atoms with E-state index >= 15 is 0 Å². The number of allylic oxidation sites excluding steroid dienone is 1. The fourth-order valence-electron chi connectivity index (χ4n) is 1.74. The van der Waals surface area contributed by atoms with E-state index in [1.165, 1.54) is 0 Å². The largest absolute Gasteiger partial charge is 0.454 e. The lowest BCUT2D eigenvalue weighted by atomic mass is 10.0. The summed E-state index contributed by atoms with van der Waals surface area (Å²) in [6, 6.07) is 7.62. The van der Waals surface area contributed by atoms with E-state index in [-0.39, 0.29) is 6.79 Å². The van der Waals surface area contributed by atoms with E-state index in [1.807, 2.05) is 25.1 Å². The Morgan fingerprint density at radius 2 is 2.18 bits per heavy atom. The molecule has 1 aromatic carbocycles. The normalized spacial score (nSPS) is 14.1. The Morgan fingerprint density at radius 1 is 1.41 bits per heavy atom. The minimum Gasteiger partial charge on any atom is -0.454 e. The molecule has 0 saturated carbocycles. The van der Waals surface area contributed by atoms with Gasteiger partial charge < -0.3 is 15.2 Å². The third-order valence-corrected chi connectivity index (χ3v) is 2.64. The average molecular weight is 230 g/mol. The van der Waals surface area contributed by atoms with Gasteiger partial charge in [0.1, 0.15) is 0 Å². The van der Waals surface area contributed by atoms with Gasteiger partial charge in [0.2, 0.25) is 6.79 Å². The first-order valence-electron chi connectivity index (χ1n) is 5.55. The monoisotopic (exact) mass is 230 g/mol. The number of benzene rings is 1. The maximum Gasteiger partial charge on any atom is 0.231 e. The van der Waals surface area contributed by atoms with Crippen LogP contribution in [0.2, 0.25) is 0 Å².